The zero-order chi connectivity index (χ0) is 17.9. The van der Waals surface area contributed by atoms with E-state index in [1.807, 2.05) is 12.2 Å². The number of esters is 1. The van der Waals surface area contributed by atoms with Crippen molar-refractivity contribution < 1.29 is 24.4 Å². The Balaban J connectivity index is 2.65. The number of nitrogens with two attached hydrogens (primary N) is 1. The number of ether oxygens (including phenoxy) is 1. The van der Waals surface area contributed by atoms with Crippen LogP contribution in [0.15, 0.2) is 15.3 Å². The molecule has 0 aliphatic heterocycles. The topological polar surface area (TPSA) is 96.2 Å². The molecule has 0 amide bonds. The van der Waals surface area contributed by atoms with Gasteiger partial charge in [-0.25, -0.2) is 4.79 Å². The number of halogens is 1. The molecule has 0 unspecified atom stereocenters. The van der Waals surface area contributed by atoms with E-state index in [4.69, 9.17) is 16.0 Å². The first-order valence-corrected chi connectivity index (χ1v) is 8.11. The van der Waals surface area contributed by atoms with Crippen LogP contribution in [0, 0.1) is 6.92 Å². The molecule has 0 bridgehead atoms. The Labute approximate surface area is 144 Å². The summed E-state index contributed by atoms with van der Waals surface area (Å²) in [5.74, 6) is -0.868. The lowest BCUT2D eigenvalue weighted by Crippen LogP contribution is -2.82. The molecule has 0 fully saturated rings. The van der Waals surface area contributed by atoms with E-state index in [1.54, 1.807) is 6.92 Å². The van der Waals surface area contributed by atoms with Crippen molar-refractivity contribution in [3.63, 3.8) is 0 Å². The van der Waals surface area contributed by atoms with Crippen LogP contribution in [0.3, 0.4) is 0 Å². The molecule has 1 heterocycles. The third-order valence-corrected chi connectivity index (χ3v) is 4.25. The maximum absolute atomic E-state index is 12.3. The van der Waals surface area contributed by atoms with Crippen molar-refractivity contribution >= 4 is 28.5 Å². The monoisotopic (exact) mass is 353 g/mol. The number of carbonyl (C=O) groups excluding carboxylic acids is 1. The van der Waals surface area contributed by atoms with E-state index in [0.29, 0.717) is 23.1 Å². The quantitative estimate of drug-likeness (QED) is 0.475. The number of methoxy groups -OCH3 is 1. The number of hydrogen-bond donors (Lipinski definition) is 1. The molecule has 0 saturated heterocycles. The van der Waals surface area contributed by atoms with Gasteiger partial charge in [-0.15, -0.1) is 0 Å². The zero-order valence-corrected chi connectivity index (χ0v) is 14.7. The highest BCUT2D eigenvalue weighted by molar-refractivity contribution is 6.33. The summed E-state index contributed by atoms with van der Waals surface area (Å²) in [7, 11) is 1.25. The van der Waals surface area contributed by atoms with E-state index < -0.39 is 11.6 Å². The van der Waals surface area contributed by atoms with E-state index in [9.17, 15) is 14.7 Å². The first-order valence-electron chi connectivity index (χ1n) is 7.73. The predicted molar refractivity (Wildman–Crippen MR) is 88.2 cm³/mol. The maximum Gasteiger partial charge on any atom is 0.340 e. The van der Waals surface area contributed by atoms with Gasteiger partial charge in [0.05, 0.1) is 25.6 Å². The Hall–Kier alpha value is -2.05. The molecule has 2 aromatic rings. The van der Waals surface area contributed by atoms with Gasteiger partial charge in [0.15, 0.2) is 0 Å². The summed E-state index contributed by atoms with van der Waals surface area (Å²) in [4.78, 5) is 23.8. The Bertz CT molecular complexity index is 828. The number of carbonyl (C=O) groups is 1. The highest BCUT2D eigenvalue weighted by atomic mass is 35.5. The van der Waals surface area contributed by atoms with Crippen molar-refractivity contribution in [1.82, 2.24) is 0 Å². The third kappa shape index (κ3) is 3.55. The number of quaternary nitrogens is 1. The molecule has 0 aliphatic carbocycles. The summed E-state index contributed by atoms with van der Waals surface area (Å²) < 4.78 is 9.98. The van der Waals surface area contributed by atoms with Crippen molar-refractivity contribution in [1.29, 1.82) is 0 Å². The van der Waals surface area contributed by atoms with Gasteiger partial charge < -0.3 is 19.6 Å². The van der Waals surface area contributed by atoms with Crippen LogP contribution in [-0.4, -0.2) is 19.6 Å². The summed E-state index contributed by atoms with van der Waals surface area (Å²) in [5, 5.41) is 14.9. The second-order valence-corrected chi connectivity index (χ2v) is 5.98. The molecule has 0 atom stereocenters. The van der Waals surface area contributed by atoms with Gasteiger partial charge in [0.2, 0.25) is 0 Å². The fourth-order valence-corrected chi connectivity index (χ4v) is 2.81. The van der Waals surface area contributed by atoms with E-state index in [2.05, 4.69) is 4.74 Å². The van der Waals surface area contributed by atoms with Crippen molar-refractivity contribution in [2.75, 3.05) is 13.7 Å². The second kappa shape index (κ2) is 7.68. The minimum atomic E-state index is -0.635. The molecule has 0 saturated carbocycles. The summed E-state index contributed by atoms with van der Waals surface area (Å²) in [6, 6.07) is 1.49. The molecule has 0 radical (unpaired) electrons. The largest absolute Gasteiger partial charge is 0.871 e. The number of fused-ring (bicyclic) bond motifs is 1. The summed E-state index contributed by atoms with van der Waals surface area (Å²) >= 11 is 6.06. The minimum Gasteiger partial charge on any atom is -0.871 e. The number of hydrogen-bond acceptors (Lipinski definition) is 5. The number of rotatable bonds is 6. The van der Waals surface area contributed by atoms with Gasteiger partial charge in [0.25, 0.3) is 0 Å². The molecule has 2 N–H and O–H groups in total. The molecule has 2 rings (SSSR count). The molecule has 0 aliphatic rings. The van der Waals surface area contributed by atoms with Crippen LogP contribution < -0.4 is 16.0 Å². The van der Waals surface area contributed by atoms with Gasteiger partial charge in [-0.3, -0.25) is 4.79 Å². The molecule has 130 valence electrons. The van der Waals surface area contributed by atoms with E-state index in [0.717, 1.165) is 13.0 Å². The normalized spacial score (nSPS) is 11.0. The van der Waals surface area contributed by atoms with E-state index in [-0.39, 0.29) is 28.3 Å². The standard InChI is InChI=1S/C17H20ClNO5/c1-4-5-19-8-12-15(21)13(18)6-10-9(2)11(7-14(20)23-3)17(22)24-16(10)12/h6,19,21H,4-5,7-8H2,1-3H3. The molecule has 24 heavy (non-hydrogen) atoms. The molecule has 7 heteroatoms. The maximum atomic E-state index is 12.3. The van der Waals surface area contributed by atoms with Crippen LogP contribution in [-0.2, 0) is 22.5 Å². The molecule has 6 nitrogen and oxygen atoms in total. The first-order chi connectivity index (χ1) is 11.4. The zero-order valence-electron chi connectivity index (χ0n) is 13.9. The first kappa shape index (κ1) is 18.3. The van der Waals surface area contributed by atoms with Crippen molar-refractivity contribution in [2.45, 2.75) is 33.2 Å². The van der Waals surface area contributed by atoms with E-state index >= 15 is 0 Å². The lowest BCUT2D eigenvalue weighted by molar-refractivity contribution is -0.670. The van der Waals surface area contributed by atoms with Crippen LogP contribution in [0.4, 0.5) is 0 Å². The van der Waals surface area contributed by atoms with Gasteiger partial charge in [0.1, 0.15) is 12.1 Å². The molecular formula is C17H20ClNO5. The average molecular weight is 354 g/mol. The fraction of sp³-hybridized carbons (Fsp3) is 0.412. The average Bonchev–Trinajstić information content (AvgIpc) is 2.56. The highest BCUT2D eigenvalue weighted by Crippen LogP contribution is 2.33. The van der Waals surface area contributed by atoms with Gasteiger partial charge >= 0.3 is 11.6 Å². The van der Waals surface area contributed by atoms with Gasteiger partial charge in [-0.05, 0) is 25.0 Å². The second-order valence-electron chi connectivity index (χ2n) is 5.57. The predicted octanol–water partition coefficient (Wildman–Crippen LogP) is 1.02. The summed E-state index contributed by atoms with van der Waals surface area (Å²) in [6.45, 7) is 4.96. The summed E-state index contributed by atoms with van der Waals surface area (Å²) in [5.41, 5.74) is 0.769. The fourth-order valence-electron chi connectivity index (χ4n) is 2.59. The van der Waals surface area contributed by atoms with Crippen LogP contribution in [0.5, 0.6) is 5.75 Å². The minimum absolute atomic E-state index is 0.0726. The third-order valence-electron chi connectivity index (χ3n) is 3.97. The van der Waals surface area contributed by atoms with Gasteiger partial charge in [-0.2, -0.15) is 0 Å². The highest BCUT2D eigenvalue weighted by Gasteiger charge is 2.19. The van der Waals surface area contributed by atoms with E-state index in [1.165, 1.54) is 13.2 Å². The molecule has 1 aromatic carbocycles. The molecular weight excluding hydrogens is 334 g/mol. The van der Waals surface area contributed by atoms with Gasteiger partial charge in [-0.1, -0.05) is 24.3 Å². The van der Waals surface area contributed by atoms with Crippen LogP contribution in [0.2, 0.25) is 5.02 Å². The smallest absolute Gasteiger partial charge is 0.340 e. The number of aryl methyl sites for hydroxylation is 1. The Kier molecular flexibility index (Phi) is 5.85. The Morgan fingerprint density at radius 1 is 1.42 bits per heavy atom. The Morgan fingerprint density at radius 2 is 2.12 bits per heavy atom. The van der Waals surface area contributed by atoms with Crippen LogP contribution in [0.1, 0.15) is 30.0 Å². The van der Waals surface area contributed by atoms with Crippen LogP contribution >= 0.6 is 11.6 Å². The van der Waals surface area contributed by atoms with Gasteiger partial charge in [0, 0.05) is 16.0 Å². The lowest BCUT2D eigenvalue weighted by atomic mass is 10.0. The molecule has 1 aromatic heterocycles. The SMILES string of the molecule is CCC[NH2+]Cc1c([O-])c(Cl)cc2c(C)c(CC(=O)OC)c(=O)oc12. The lowest BCUT2D eigenvalue weighted by Gasteiger charge is -2.18. The number of benzene rings is 1. The van der Waals surface area contributed by atoms with Crippen molar-refractivity contribution in [3.05, 3.63) is 38.2 Å². The summed E-state index contributed by atoms with van der Waals surface area (Å²) in [6.07, 6.45) is 0.771. The Morgan fingerprint density at radius 3 is 2.75 bits per heavy atom. The van der Waals surface area contributed by atoms with Crippen molar-refractivity contribution in [3.8, 4) is 5.75 Å². The van der Waals surface area contributed by atoms with Crippen LogP contribution in [0.25, 0.3) is 11.0 Å². The van der Waals surface area contributed by atoms with Crippen molar-refractivity contribution in [2.24, 2.45) is 0 Å². The molecule has 0 spiro atoms.